The van der Waals surface area contributed by atoms with Crippen LogP contribution in [0.5, 0.6) is 0 Å². The van der Waals surface area contributed by atoms with E-state index in [4.69, 9.17) is 0 Å². The predicted molar refractivity (Wildman–Crippen MR) is 125 cm³/mol. The molecule has 3 N–H and O–H groups in total. The highest BCUT2D eigenvalue weighted by molar-refractivity contribution is 6.00. The number of pyridine rings is 1. The van der Waals surface area contributed by atoms with E-state index in [0.29, 0.717) is 36.4 Å². The van der Waals surface area contributed by atoms with E-state index in [-0.39, 0.29) is 29.8 Å². The fourth-order valence-corrected chi connectivity index (χ4v) is 5.00. The van der Waals surface area contributed by atoms with Crippen molar-refractivity contribution in [3.63, 3.8) is 0 Å². The fraction of sp³-hybridized carbons (Fsp3) is 0.542. The van der Waals surface area contributed by atoms with Crippen molar-refractivity contribution in [3.05, 3.63) is 41.9 Å². The quantitative estimate of drug-likeness (QED) is 0.522. The minimum absolute atomic E-state index is 0.0930. The number of anilines is 1. The van der Waals surface area contributed by atoms with Crippen LogP contribution in [0.2, 0.25) is 0 Å². The van der Waals surface area contributed by atoms with Gasteiger partial charge in [0.05, 0.1) is 0 Å². The molecular formula is C24H31N7O3. The number of aryl methyl sites for hydroxylation is 1. The van der Waals surface area contributed by atoms with Crippen molar-refractivity contribution in [2.24, 2.45) is 24.8 Å². The van der Waals surface area contributed by atoms with E-state index < -0.39 is 6.04 Å². The third-order valence-electron chi connectivity index (χ3n) is 6.94. The number of amides is 4. The zero-order valence-corrected chi connectivity index (χ0v) is 19.5. The molecule has 2 aromatic rings. The van der Waals surface area contributed by atoms with Crippen LogP contribution >= 0.6 is 0 Å². The molecule has 0 radical (unpaired) electrons. The van der Waals surface area contributed by atoms with Gasteiger partial charge in [-0.05, 0) is 74.1 Å². The summed E-state index contributed by atoms with van der Waals surface area (Å²) in [5, 5.41) is 12.9. The molecule has 34 heavy (non-hydrogen) atoms. The van der Waals surface area contributed by atoms with Crippen molar-refractivity contribution in [2.45, 2.75) is 51.2 Å². The van der Waals surface area contributed by atoms with Gasteiger partial charge in [-0.1, -0.05) is 0 Å². The molecule has 0 spiro atoms. The Morgan fingerprint density at radius 1 is 1.18 bits per heavy atom. The van der Waals surface area contributed by atoms with E-state index >= 15 is 0 Å². The molecule has 4 amide bonds. The van der Waals surface area contributed by atoms with Gasteiger partial charge in [-0.25, -0.2) is 9.78 Å². The second kappa shape index (κ2) is 9.08. The summed E-state index contributed by atoms with van der Waals surface area (Å²) in [7, 11) is 1.71. The number of nitrogens with zero attached hydrogens (tertiary/aromatic N) is 4. The van der Waals surface area contributed by atoms with Crippen LogP contribution in [0.4, 0.5) is 10.6 Å². The maximum atomic E-state index is 13.5. The number of rotatable bonds is 9. The van der Waals surface area contributed by atoms with Crippen molar-refractivity contribution >= 4 is 23.7 Å². The minimum Gasteiger partial charge on any atom is -0.339 e. The van der Waals surface area contributed by atoms with Gasteiger partial charge in [0.25, 0.3) is 5.91 Å². The molecule has 2 aromatic heterocycles. The van der Waals surface area contributed by atoms with Gasteiger partial charge < -0.3 is 20.9 Å². The first-order valence-corrected chi connectivity index (χ1v) is 12.0. The van der Waals surface area contributed by atoms with Crippen LogP contribution in [0.15, 0.2) is 30.6 Å². The lowest BCUT2D eigenvalue weighted by molar-refractivity contribution is -0.119. The Labute approximate surface area is 198 Å². The first-order chi connectivity index (χ1) is 16.4. The summed E-state index contributed by atoms with van der Waals surface area (Å²) in [5.74, 6) is 0.907. The monoisotopic (exact) mass is 465 g/mol. The molecule has 0 bridgehead atoms. The van der Waals surface area contributed by atoms with E-state index in [1.54, 1.807) is 36.5 Å². The number of carbonyl (C=O) groups is 3. The predicted octanol–water partition coefficient (Wildman–Crippen LogP) is 1.90. The Balaban J connectivity index is 1.32. The van der Waals surface area contributed by atoms with Crippen LogP contribution in [-0.2, 0) is 18.4 Å². The largest absolute Gasteiger partial charge is 0.339 e. The van der Waals surface area contributed by atoms with Crippen LogP contribution in [0, 0.1) is 17.8 Å². The van der Waals surface area contributed by atoms with Gasteiger partial charge in [0.1, 0.15) is 17.6 Å². The average Bonchev–Trinajstić information content (AvgIpc) is 3.72. The molecule has 0 aromatic carbocycles. The lowest BCUT2D eigenvalue weighted by Crippen LogP contribution is -2.50. The number of carbonyl (C=O) groups excluding carboxylic acids is 3. The third kappa shape index (κ3) is 4.90. The second-order valence-electron chi connectivity index (χ2n) is 9.81. The molecule has 10 heteroatoms. The van der Waals surface area contributed by atoms with Gasteiger partial charge >= 0.3 is 6.03 Å². The zero-order chi connectivity index (χ0) is 23.8. The Bertz CT molecular complexity index is 1080. The Kier molecular flexibility index (Phi) is 5.97. The highest BCUT2D eigenvalue weighted by Crippen LogP contribution is 2.50. The van der Waals surface area contributed by atoms with Crippen molar-refractivity contribution in [3.8, 4) is 0 Å². The van der Waals surface area contributed by atoms with Gasteiger partial charge in [-0.3, -0.25) is 14.3 Å². The van der Waals surface area contributed by atoms with E-state index in [2.05, 4.69) is 26.0 Å². The standard InChI is InChI=1S/C24H31N7O3/c1-14-12-31(24(34)27-14)13-15-7-9-25-19(11-15)28-23(33)21(20(16-3-4-16)17-5-6-17)29-22(32)18-8-10-26-30(18)2/h7-11,14,16-17,20-21H,3-6,12-13H2,1-2H3,(H,27,34)(H,29,32)(H,25,28,33)/t14-,21+/m1/s1. The van der Waals surface area contributed by atoms with Crippen molar-refractivity contribution in [1.29, 1.82) is 0 Å². The molecule has 1 saturated heterocycles. The summed E-state index contributed by atoms with van der Waals surface area (Å²) in [5.41, 5.74) is 1.30. The van der Waals surface area contributed by atoms with Crippen LogP contribution in [0.25, 0.3) is 0 Å². The van der Waals surface area contributed by atoms with Crippen molar-refractivity contribution in [2.75, 3.05) is 11.9 Å². The Morgan fingerprint density at radius 2 is 1.91 bits per heavy atom. The molecule has 3 heterocycles. The molecule has 3 fully saturated rings. The van der Waals surface area contributed by atoms with Crippen LogP contribution < -0.4 is 16.0 Å². The number of nitrogens with one attached hydrogen (secondary N) is 3. The molecular weight excluding hydrogens is 434 g/mol. The highest BCUT2D eigenvalue weighted by atomic mass is 16.2. The average molecular weight is 466 g/mol. The third-order valence-corrected chi connectivity index (χ3v) is 6.94. The van der Waals surface area contributed by atoms with Crippen LogP contribution in [0.3, 0.4) is 0 Å². The minimum atomic E-state index is -0.641. The SMILES string of the molecule is C[C@@H]1CN(Cc2ccnc(NC(=O)[C@@H](NC(=O)c3ccnn3C)C(C3CC3)C3CC3)c2)C(=O)N1. The van der Waals surface area contributed by atoms with Gasteiger partial charge in [-0.2, -0.15) is 5.10 Å². The van der Waals surface area contributed by atoms with Gasteiger partial charge in [0.2, 0.25) is 5.91 Å². The van der Waals surface area contributed by atoms with E-state index in [9.17, 15) is 14.4 Å². The van der Waals surface area contributed by atoms with Crippen LogP contribution in [0.1, 0.15) is 48.7 Å². The summed E-state index contributed by atoms with van der Waals surface area (Å²) < 4.78 is 1.51. The van der Waals surface area contributed by atoms with Crippen molar-refractivity contribution < 1.29 is 14.4 Å². The number of aromatic nitrogens is 3. The summed E-state index contributed by atoms with van der Waals surface area (Å²) in [4.78, 5) is 44.6. The molecule has 3 aliphatic rings. The first-order valence-electron chi connectivity index (χ1n) is 12.0. The normalized spacial score (nSPS) is 20.9. The van der Waals surface area contributed by atoms with Gasteiger partial charge in [0.15, 0.2) is 0 Å². The lowest BCUT2D eigenvalue weighted by Gasteiger charge is -2.27. The van der Waals surface area contributed by atoms with Crippen molar-refractivity contribution in [1.82, 2.24) is 30.3 Å². The topological polar surface area (TPSA) is 121 Å². The number of urea groups is 1. The molecule has 0 unspecified atom stereocenters. The summed E-state index contributed by atoms with van der Waals surface area (Å²) >= 11 is 0. The molecule has 2 atom stereocenters. The molecule has 2 aliphatic carbocycles. The molecule has 2 saturated carbocycles. The maximum Gasteiger partial charge on any atom is 0.318 e. The molecule has 1 aliphatic heterocycles. The maximum absolute atomic E-state index is 13.5. The highest BCUT2D eigenvalue weighted by Gasteiger charge is 2.48. The first kappa shape index (κ1) is 22.4. The molecule has 180 valence electrons. The number of hydrogen-bond donors (Lipinski definition) is 3. The smallest absolute Gasteiger partial charge is 0.318 e. The second-order valence-corrected chi connectivity index (χ2v) is 9.81. The summed E-state index contributed by atoms with van der Waals surface area (Å²) in [6, 6.07) is 4.65. The van der Waals surface area contributed by atoms with Gasteiger partial charge in [-0.15, -0.1) is 0 Å². The number of hydrogen-bond acceptors (Lipinski definition) is 5. The summed E-state index contributed by atoms with van der Waals surface area (Å²) in [6.07, 6.45) is 7.57. The van der Waals surface area contributed by atoms with E-state index in [0.717, 1.165) is 31.2 Å². The van der Waals surface area contributed by atoms with Gasteiger partial charge in [0, 0.05) is 38.6 Å². The lowest BCUT2D eigenvalue weighted by atomic mass is 9.88. The Hall–Kier alpha value is -3.43. The molecule has 10 nitrogen and oxygen atoms in total. The van der Waals surface area contributed by atoms with Crippen LogP contribution in [-0.4, -0.2) is 56.1 Å². The van der Waals surface area contributed by atoms with E-state index in [1.807, 2.05) is 13.0 Å². The zero-order valence-electron chi connectivity index (χ0n) is 19.5. The van der Waals surface area contributed by atoms with E-state index in [1.165, 1.54) is 4.68 Å². The Morgan fingerprint density at radius 3 is 2.50 bits per heavy atom. The molecule has 5 rings (SSSR count). The summed E-state index contributed by atoms with van der Waals surface area (Å²) in [6.45, 7) is 3.04. The fourth-order valence-electron chi connectivity index (χ4n) is 5.00.